The molecule has 14 heavy (non-hydrogen) atoms. The van der Waals surface area contributed by atoms with Gasteiger partial charge in [0.2, 0.25) is 0 Å². The molecule has 0 aromatic rings. The number of aliphatic carboxylic acids is 1. The summed E-state index contributed by atoms with van der Waals surface area (Å²) in [5, 5.41) is 10.7. The number of hydrogen-bond donors (Lipinski definition) is 0. The summed E-state index contributed by atoms with van der Waals surface area (Å²) in [6.45, 7) is 1.93. The minimum absolute atomic E-state index is 0.203. The van der Waals surface area contributed by atoms with Crippen molar-refractivity contribution in [3.8, 4) is 0 Å². The fourth-order valence-corrected chi connectivity index (χ4v) is 1.71. The Bertz CT molecular complexity index is 269. The maximum absolute atomic E-state index is 11.3. The Kier molecular flexibility index (Phi) is 3.28. The highest BCUT2D eigenvalue weighted by molar-refractivity contribution is 5.81. The van der Waals surface area contributed by atoms with Gasteiger partial charge in [-0.15, -0.1) is 0 Å². The van der Waals surface area contributed by atoms with E-state index in [1.54, 1.807) is 6.08 Å². The number of rotatable bonds is 2. The second kappa shape index (κ2) is 4.26. The molecule has 0 heterocycles. The van der Waals surface area contributed by atoms with E-state index in [2.05, 4.69) is 4.74 Å². The van der Waals surface area contributed by atoms with Crippen molar-refractivity contribution >= 4 is 11.9 Å². The lowest BCUT2D eigenvalue weighted by Gasteiger charge is -2.28. The predicted octanol–water partition coefficient (Wildman–Crippen LogP) is -0.262. The standard InChI is InChI=1S/C10H14O4/c1-6-3-4-7(9(11)12)8(5-6)10(13)14-2/h3-4,6-8H,5H2,1-2H3,(H,11,12)/p-1. The van der Waals surface area contributed by atoms with Crippen molar-refractivity contribution in [2.24, 2.45) is 17.8 Å². The number of carboxylic acids is 1. The van der Waals surface area contributed by atoms with Crippen molar-refractivity contribution in [1.82, 2.24) is 0 Å². The zero-order valence-corrected chi connectivity index (χ0v) is 8.23. The van der Waals surface area contributed by atoms with Crippen molar-refractivity contribution in [3.05, 3.63) is 12.2 Å². The SMILES string of the molecule is COC(=O)C1CC(C)C=CC1C(=O)[O-]. The van der Waals surface area contributed by atoms with Gasteiger partial charge in [-0.1, -0.05) is 19.1 Å². The third-order valence-corrected chi connectivity index (χ3v) is 2.48. The number of hydrogen-bond acceptors (Lipinski definition) is 4. The van der Waals surface area contributed by atoms with Crippen LogP contribution in [0.4, 0.5) is 0 Å². The van der Waals surface area contributed by atoms with E-state index in [9.17, 15) is 14.7 Å². The summed E-state index contributed by atoms with van der Waals surface area (Å²) in [5.74, 6) is -2.95. The van der Waals surface area contributed by atoms with Gasteiger partial charge in [-0.05, 0) is 12.3 Å². The first-order chi connectivity index (χ1) is 6.56. The van der Waals surface area contributed by atoms with Crippen LogP contribution in [0.15, 0.2) is 12.2 Å². The summed E-state index contributed by atoms with van der Waals surface area (Å²) >= 11 is 0. The molecule has 0 aromatic carbocycles. The summed E-state index contributed by atoms with van der Waals surface area (Å²) in [6, 6.07) is 0. The van der Waals surface area contributed by atoms with E-state index >= 15 is 0 Å². The van der Waals surface area contributed by atoms with Crippen LogP contribution in [0.5, 0.6) is 0 Å². The normalized spacial score (nSPS) is 31.1. The molecule has 0 amide bonds. The van der Waals surface area contributed by atoms with Gasteiger partial charge in [0, 0.05) is 11.9 Å². The fourth-order valence-electron chi connectivity index (χ4n) is 1.71. The summed E-state index contributed by atoms with van der Waals surface area (Å²) in [4.78, 5) is 22.0. The van der Waals surface area contributed by atoms with Crippen LogP contribution in [0.25, 0.3) is 0 Å². The maximum Gasteiger partial charge on any atom is 0.309 e. The maximum atomic E-state index is 11.3. The molecule has 4 heteroatoms. The summed E-state index contributed by atoms with van der Waals surface area (Å²) in [6.07, 6.45) is 3.81. The van der Waals surface area contributed by atoms with Crippen LogP contribution in [0.1, 0.15) is 13.3 Å². The largest absolute Gasteiger partial charge is 0.549 e. The van der Waals surface area contributed by atoms with Crippen molar-refractivity contribution in [2.75, 3.05) is 7.11 Å². The third-order valence-electron chi connectivity index (χ3n) is 2.48. The Balaban J connectivity index is 2.84. The van der Waals surface area contributed by atoms with E-state index in [1.165, 1.54) is 13.2 Å². The number of methoxy groups -OCH3 is 1. The molecule has 3 atom stereocenters. The second-order valence-electron chi connectivity index (χ2n) is 3.57. The van der Waals surface area contributed by atoms with Gasteiger partial charge in [0.15, 0.2) is 0 Å². The van der Waals surface area contributed by atoms with Gasteiger partial charge in [0.05, 0.1) is 13.0 Å². The average Bonchev–Trinajstić information content (AvgIpc) is 2.16. The van der Waals surface area contributed by atoms with Crippen molar-refractivity contribution in [3.63, 3.8) is 0 Å². The number of ether oxygens (including phenoxy) is 1. The molecule has 0 saturated carbocycles. The third kappa shape index (κ3) is 2.13. The van der Waals surface area contributed by atoms with Gasteiger partial charge in [0.1, 0.15) is 0 Å². The topological polar surface area (TPSA) is 66.4 Å². The Morgan fingerprint density at radius 3 is 2.57 bits per heavy atom. The number of carbonyl (C=O) groups excluding carboxylic acids is 2. The molecular formula is C10H13O4-. The van der Waals surface area contributed by atoms with E-state index in [0.29, 0.717) is 6.42 Å². The van der Waals surface area contributed by atoms with Gasteiger partial charge in [0.25, 0.3) is 0 Å². The minimum Gasteiger partial charge on any atom is -0.549 e. The molecule has 0 spiro atoms. The predicted molar refractivity (Wildman–Crippen MR) is 46.9 cm³/mol. The Hall–Kier alpha value is -1.32. The summed E-state index contributed by atoms with van der Waals surface area (Å²) < 4.78 is 4.55. The number of esters is 1. The van der Waals surface area contributed by atoms with E-state index in [-0.39, 0.29) is 5.92 Å². The van der Waals surface area contributed by atoms with E-state index < -0.39 is 23.8 Å². The lowest BCUT2D eigenvalue weighted by atomic mass is 9.80. The Morgan fingerprint density at radius 1 is 1.43 bits per heavy atom. The zero-order valence-electron chi connectivity index (χ0n) is 8.23. The van der Waals surface area contributed by atoms with Crippen LogP contribution < -0.4 is 5.11 Å². The van der Waals surface area contributed by atoms with Crippen LogP contribution in [0.2, 0.25) is 0 Å². The van der Waals surface area contributed by atoms with Crippen LogP contribution in [0, 0.1) is 17.8 Å². The van der Waals surface area contributed by atoms with Gasteiger partial charge in [-0.3, -0.25) is 4.79 Å². The number of carboxylic acid groups (broad SMARTS) is 1. The molecule has 0 bridgehead atoms. The highest BCUT2D eigenvalue weighted by Crippen LogP contribution is 2.28. The first-order valence-electron chi connectivity index (χ1n) is 4.53. The van der Waals surface area contributed by atoms with Crippen molar-refractivity contribution in [1.29, 1.82) is 0 Å². The van der Waals surface area contributed by atoms with E-state index in [0.717, 1.165) is 0 Å². The highest BCUT2D eigenvalue weighted by atomic mass is 16.5. The van der Waals surface area contributed by atoms with Gasteiger partial charge in [-0.25, -0.2) is 0 Å². The first-order valence-corrected chi connectivity index (χ1v) is 4.53. The zero-order chi connectivity index (χ0) is 10.7. The molecule has 0 fully saturated rings. The average molecular weight is 197 g/mol. The molecule has 3 unspecified atom stereocenters. The second-order valence-corrected chi connectivity index (χ2v) is 3.57. The molecule has 1 aliphatic carbocycles. The molecule has 78 valence electrons. The first kappa shape index (κ1) is 10.8. The lowest BCUT2D eigenvalue weighted by Crippen LogP contribution is -2.40. The van der Waals surface area contributed by atoms with Gasteiger partial charge in [-0.2, -0.15) is 0 Å². The molecule has 0 aliphatic heterocycles. The van der Waals surface area contributed by atoms with E-state index in [4.69, 9.17) is 0 Å². The highest BCUT2D eigenvalue weighted by Gasteiger charge is 2.32. The molecule has 0 N–H and O–H groups in total. The van der Waals surface area contributed by atoms with Crippen molar-refractivity contribution < 1.29 is 19.4 Å². The Labute approximate surface area is 82.6 Å². The van der Waals surface area contributed by atoms with Crippen LogP contribution in [0.3, 0.4) is 0 Å². The molecule has 4 nitrogen and oxygen atoms in total. The molecule has 0 radical (unpaired) electrons. The fraction of sp³-hybridized carbons (Fsp3) is 0.600. The van der Waals surface area contributed by atoms with E-state index in [1.807, 2.05) is 6.92 Å². The quantitative estimate of drug-likeness (QED) is 0.451. The van der Waals surface area contributed by atoms with Crippen LogP contribution in [-0.2, 0) is 14.3 Å². The van der Waals surface area contributed by atoms with Crippen LogP contribution in [-0.4, -0.2) is 19.0 Å². The lowest BCUT2D eigenvalue weighted by molar-refractivity contribution is -0.311. The molecule has 0 saturated heterocycles. The number of carbonyl (C=O) groups is 2. The van der Waals surface area contributed by atoms with Crippen molar-refractivity contribution in [2.45, 2.75) is 13.3 Å². The van der Waals surface area contributed by atoms with Crippen LogP contribution >= 0.6 is 0 Å². The van der Waals surface area contributed by atoms with Gasteiger partial charge < -0.3 is 14.6 Å². The monoisotopic (exact) mass is 197 g/mol. The molecule has 0 aromatic heterocycles. The molecule has 1 aliphatic rings. The summed E-state index contributed by atoms with van der Waals surface area (Å²) in [7, 11) is 1.26. The minimum atomic E-state index is -1.22. The summed E-state index contributed by atoms with van der Waals surface area (Å²) in [5.41, 5.74) is 0. The molecular weight excluding hydrogens is 184 g/mol. The smallest absolute Gasteiger partial charge is 0.309 e. The number of allylic oxidation sites excluding steroid dienone is 1. The van der Waals surface area contributed by atoms with Gasteiger partial charge >= 0.3 is 5.97 Å². The Morgan fingerprint density at radius 2 is 2.07 bits per heavy atom. The molecule has 1 rings (SSSR count).